The van der Waals surface area contributed by atoms with E-state index in [4.69, 9.17) is 0 Å². The Morgan fingerprint density at radius 1 is 1.27 bits per heavy atom. The first-order chi connectivity index (χ1) is 7.20. The molecule has 0 fully saturated rings. The van der Waals surface area contributed by atoms with Gasteiger partial charge >= 0.3 is 0 Å². The lowest BCUT2D eigenvalue weighted by atomic mass is 10.2. The van der Waals surface area contributed by atoms with Crippen LogP contribution in [0.3, 0.4) is 0 Å². The Hall–Kier alpha value is -1.38. The van der Waals surface area contributed by atoms with Crippen molar-refractivity contribution in [2.75, 3.05) is 0 Å². The van der Waals surface area contributed by atoms with E-state index in [9.17, 15) is 0 Å². The van der Waals surface area contributed by atoms with Crippen LogP contribution < -0.4 is 0 Å². The smallest absolute Gasteiger partial charge is 0.141 e. The molecule has 3 heteroatoms. The summed E-state index contributed by atoms with van der Waals surface area (Å²) in [6.45, 7) is 6.28. The third-order valence-electron chi connectivity index (χ3n) is 2.61. The third-order valence-corrected chi connectivity index (χ3v) is 2.61. The summed E-state index contributed by atoms with van der Waals surface area (Å²) in [6.07, 6.45) is 3.32. The minimum Gasteiger partial charge on any atom is -0.343 e. The van der Waals surface area contributed by atoms with Crippen LogP contribution in [0.25, 0.3) is 11.0 Å². The van der Waals surface area contributed by atoms with Crippen LogP contribution in [0.5, 0.6) is 0 Å². The molecule has 2 aromatic rings. The Labute approximate surface area is 90.0 Å². The van der Waals surface area contributed by atoms with Crippen molar-refractivity contribution < 1.29 is 0 Å². The van der Waals surface area contributed by atoms with E-state index in [1.165, 1.54) is 6.42 Å². The maximum atomic E-state index is 4.53. The van der Waals surface area contributed by atoms with Crippen LogP contribution in [0.1, 0.15) is 37.0 Å². The summed E-state index contributed by atoms with van der Waals surface area (Å²) >= 11 is 0. The monoisotopic (exact) mass is 203 g/mol. The van der Waals surface area contributed by atoms with Crippen molar-refractivity contribution >= 4 is 11.0 Å². The van der Waals surface area contributed by atoms with Crippen molar-refractivity contribution in [3.05, 3.63) is 23.3 Å². The van der Waals surface area contributed by atoms with Gasteiger partial charge in [-0.3, -0.25) is 0 Å². The normalized spacial score (nSPS) is 11.1. The van der Waals surface area contributed by atoms with Crippen molar-refractivity contribution in [1.29, 1.82) is 0 Å². The van der Waals surface area contributed by atoms with Crippen molar-refractivity contribution in [3.8, 4) is 0 Å². The van der Waals surface area contributed by atoms with Crippen molar-refractivity contribution in [3.63, 3.8) is 0 Å². The van der Waals surface area contributed by atoms with E-state index in [0.29, 0.717) is 0 Å². The third kappa shape index (κ3) is 2.01. The van der Waals surface area contributed by atoms with Gasteiger partial charge in [-0.1, -0.05) is 13.3 Å². The number of hydrogen-bond donors (Lipinski definition) is 1. The second kappa shape index (κ2) is 4.01. The van der Waals surface area contributed by atoms with E-state index in [0.717, 1.165) is 41.1 Å². The van der Waals surface area contributed by atoms with E-state index >= 15 is 0 Å². The molecule has 0 unspecified atom stereocenters. The van der Waals surface area contributed by atoms with Crippen LogP contribution in [-0.2, 0) is 6.42 Å². The number of nitrogens with one attached hydrogen (secondary N) is 1. The zero-order valence-electron chi connectivity index (χ0n) is 9.59. The van der Waals surface area contributed by atoms with E-state index in [2.05, 4.69) is 27.9 Å². The molecule has 0 bridgehead atoms. The molecule has 0 aliphatic carbocycles. The number of nitrogens with zero attached hydrogens (tertiary/aromatic N) is 2. The first kappa shape index (κ1) is 10.1. The summed E-state index contributed by atoms with van der Waals surface area (Å²) < 4.78 is 0. The molecule has 2 rings (SSSR count). The van der Waals surface area contributed by atoms with Crippen LogP contribution in [-0.4, -0.2) is 15.0 Å². The average molecular weight is 203 g/mol. The van der Waals surface area contributed by atoms with Gasteiger partial charge in [0.1, 0.15) is 11.5 Å². The predicted octanol–water partition coefficient (Wildman–Crippen LogP) is 2.92. The SMILES string of the molecule is CCCCc1nc(C)c2cc(C)[nH]c2n1. The summed E-state index contributed by atoms with van der Waals surface area (Å²) in [5.74, 6) is 0.962. The molecular weight excluding hydrogens is 186 g/mol. The number of fused-ring (bicyclic) bond motifs is 1. The molecule has 3 nitrogen and oxygen atoms in total. The Morgan fingerprint density at radius 3 is 2.80 bits per heavy atom. The lowest BCUT2D eigenvalue weighted by molar-refractivity contribution is 0.752. The van der Waals surface area contributed by atoms with Gasteiger partial charge in [0.25, 0.3) is 0 Å². The maximum Gasteiger partial charge on any atom is 0.141 e. The number of aryl methyl sites for hydroxylation is 3. The van der Waals surface area contributed by atoms with Crippen LogP contribution in [0, 0.1) is 13.8 Å². The van der Waals surface area contributed by atoms with Crippen molar-refractivity contribution in [1.82, 2.24) is 15.0 Å². The fourth-order valence-electron chi connectivity index (χ4n) is 1.79. The summed E-state index contributed by atoms with van der Waals surface area (Å²) in [7, 11) is 0. The van der Waals surface area contributed by atoms with E-state index in [-0.39, 0.29) is 0 Å². The molecule has 0 saturated heterocycles. The van der Waals surface area contributed by atoms with Crippen molar-refractivity contribution in [2.45, 2.75) is 40.0 Å². The average Bonchev–Trinajstić information content (AvgIpc) is 2.56. The van der Waals surface area contributed by atoms with Gasteiger partial charge in [-0.2, -0.15) is 0 Å². The fourth-order valence-corrected chi connectivity index (χ4v) is 1.79. The van der Waals surface area contributed by atoms with Gasteiger partial charge < -0.3 is 4.98 Å². The fraction of sp³-hybridized carbons (Fsp3) is 0.500. The van der Waals surface area contributed by atoms with Gasteiger partial charge in [-0.05, 0) is 26.3 Å². The lowest BCUT2D eigenvalue weighted by Gasteiger charge is -2.01. The minimum atomic E-state index is 0.962. The van der Waals surface area contributed by atoms with Gasteiger partial charge in [0.2, 0.25) is 0 Å². The van der Waals surface area contributed by atoms with Gasteiger partial charge in [-0.15, -0.1) is 0 Å². The van der Waals surface area contributed by atoms with Crippen molar-refractivity contribution in [2.24, 2.45) is 0 Å². The highest BCUT2D eigenvalue weighted by atomic mass is 15.0. The molecule has 2 aromatic heterocycles. The quantitative estimate of drug-likeness (QED) is 0.833. The molecule has 15 heavy (non-hydrogen) atoms. The molecule has 0 atom stereocenters. The highest BCUT2D eigenvalue weighted by Gasteiger charge is 2.06. The molecule has 80 valence electrons. The zero-order chi connectivity index (χ0) is 10.8. The molecule has 0 saturated carbocycles. The lowest BCUT2D eigenvalue weighted by Crippen LogP contribution is -1.97. The highest BCUT2D eigenvalue weighted by molar-refractivity contribution is 5.78. The second-order valence-corrected chi connectivity index (χ2v) is 4.04. The summed E-state index contributed by atoms with van der Waals surface area (Å²) in [5, 5.41) is 1.15. The molecule has 0 aliphatic rings. The van der Waals surface area contributed by atoms with Crippen LogP contribution in [0.15, 0.2) is 6.07 Å². The minimum absolute atomic E-state index is 0.962. The number of hydrogen-bond acceptors (Lipinski definition) is 2. The number of H-pyrrole nitrogens is 1. The van der Waals surface area contributed by atoms with E-state index in [1.54, 1.807) is 0 Å². The largest absolute Gasteiger partial charge is 0.343 e. The molecule has 0 aromatic carbocycles. The Morgan fingerprint density at radius 2 is 2.07 bits per heavy atom. The predicted molar refractivity (Wildman–Crippen MR) is 62.0 cm³/mol. The first-order valence-corrected chi connectivity index (χ1v) is 5.53. The van der Waals surface area contributed by atoms with E-state index in [1.807, 2.05) is 13.8 Å². The number of aromatic amines is 1. The Kier molecular flexibility index (Phi) is 2.71. The maximum absolute atomic E-state index is 4.53. The Balaban J connectivity index is 2.42. The number of rotatable bonds is 3. The van der Waals surface area contributed by atoms with Crippen LogP contribution >= 0.6 is 0 Å². The van der Waals surface area contributed by atoms with Crippen LogP contribution in [0.2, 0.25) is 0 Å². The van der Waals surface area contributed by atoms with Gasteiger partial charge in [0.15, 0.2) is 0 Å². The standard InChI is InChI=1S/C12H17N3/c1-4-5-6-11-14-9(3)10-7-8(2)13-12(10)15-11/h7H,4-6H2,1-3H3,(H,13,14,15). The summed E-state index contributed by atoms with van der Waals surface area (Å²) in [5.41, 5.74) is 3.21. The molecule has 2 heterocycles. The van der Waals surface area contributed by atoms with Gasteiger partial charge in [0.05, 0.1) is 5.69 Å². The Bertz CT molecular complexity index is 471. The van der Waals surface area contributed by atoms with E-state index < -0.39 is 0 Å². The topological polar surface area (TPSA) is 41.6 Å². The summed E-state index contributed by atoms with van der Waals surface area (Å²) in [4.78, 5) is 12.3. The highest BCUT2D eigenvalue weighted by Crippen LogP contribution is 2.16. The molecule has 0 aliphatic heterocycles. The molecular formula is C12H17N3. The summed E-state index contributed by atoms with van der Waals surface area (Å²) in [6, 6.07) is 2.11. The second-order valence-electron chi connectivity index (χ2n) is 4.04. The molecule has 0 spiro atoms. The number of unbranched alkanes of at least 4 members (excludes halogenated alkanes) is 1. The molecule has 0 amide bonds. The number of aromatic nitrogens is 3. The molecule has 0 radical (unpaired) electrons. The zero-order valence-corrected chi connectivity index (χ0v) is 9.59. The molecule has 1 N–H and O–H groups in total. The van der Waals surface area contributed by atoms with Crippen LogP contribution in [0.4, 0.5) is 0 Å². The van der Waals surface area contributed by atoms with Gasteiger partial charge in [0, 0.05) is 17.5 Å². The first-order valence-electron chi connectivity index (χ1n) is 5.53. The van der Waals surface area contributed by atoms with Gasteiger partial charge in [-0.25, -0.2) is 9.97 Å².